The van der Waals surface area contributed by atoms with E-state index in [1.807, 2.05) is 24.0 Å². The van der Waals surface area contributed by atoms with Crippen molar-refractivity contribution in [3.63, 3.8) is 0 Å². The molecule has 0 radical (unpaired) electrons. The molecule has 0 spiro atoms. The molecular formula is C19H24N6O2. The van der Waals surface area contributed by atoms with Crippen LogP contribution in [-0.2, 0) is 9.59 Å². The molecule has 1 saturated heterocycles. The first-order chi connectivity index (χ1) is 13.1. The molecule has 8 heteroatoms. The minimum absolute atomic E-state index is 0.0249. The van der Waals surface area contributed by atoms with E-state index in [2.05, 4.69) is 25.6 Å². The quantitative estimate of drug-likeness (QED) is 0.807. The standard InChI is InChI=1S/C19H24N6O2/c1-14-3-9-20-16(13-14)24-18(27)15-5-11-25(12-6-15)17(26)4-10-23-19-21-7-2-8-22-19/h2-3,7-9,13,15H,4-6,10-12H2,1H3,(H,20,24,27)(H,21,22,23). The Morgan fingerprint density at radius 1 is 1.15 bits per heavy atom. The molecule has 2 aromatic heterocycles. The van der Waals surface area contributed by atoms with Gasteiger partial charge in [-0.1, -0.05) is 0 Å². The number of carbonyl (C=O) groups is 2. The van der Waals surface area contributed by atoms with Crippen molar-refractivity contribution in [1.82, 2.24) is 19.9 Å². The van der Waals surface area contributed by atoms with Crippen LogP contribution >= 0.6 is 0 Å². The molecule has 0 aliphatic carbocycles. The van der Waals surface area contributed by atoms with Crippen molar-refractivity contribution in [3.05, 3.63) is 42.4 Å². The van der Waals surface area contributed by atoms with Crippen molar-refractivity contribution in [3.8, 4) is 0 Å². The molecule has 0 saturated carbocycles. The topological polar surface area (TPSA) is 100 Å². The third kappa shape index (κ3) is 5.47. The van der Waals surface area contributed by atoms with Gasteiger partial charge in [0.05, 0.1) is 0 Å². The van der Waals surface area contributed by atoms with Crippen LogP contribution in [0.4, 0.5) is 11.8 Å². The van der Waals surface area contributed by atoms with Crippen molar-refractivity contribution in [2.45, 2.75) is 26.2 Å². The van der Waals surface area contributed by atoms with Gasteiger partial charge >= 0.3 is 0 Å². The number of nitrogens with one attached hydrogen (secondary N) is 2. The second-order valence-corrected chi connectivity index (χ2v) is 6.61. The van der Waals surface area contributed by atoms with Crippen LogP contribution in [0.1, 0.15) is 24.8 Å². The SMILES string of the molecule is Cc1ccnc(NC(=O)C2CCN(C(=O)CCNc3ncccn3)CC2)c1. The summed E-state index contributed by atoms with van der Waals surface area (Å²) in [4.78, 5) is 38.8. The van der Waals surface area contributed by atoms with Gasteiger partial charge in [-0.2, -0.15) is 0 Å². The zero-order valence-corrected chi connectivity index (χ0v) is 15.4. The normalized spacial score (nSPS) is 14.6. The largest absolute Gasteiger partial charge is 0.354 e. The lowest BCUT2D eigenvalue weighted by Crippen LogP contribution is -2.42. The minimum Gasteiger partial charge on any atom is -0.354 e. The number of piperidine rings is 1. The number of anilines is 2. The Morgan fingerprint density at radius 3 is 2.59 bits per heavy atom. The summed E-state index contributed by atoms with van der Waals surface area (Å²) >= 11 is 0. The number of hydrogen-bond acceptors (Lipinski definition) is 6. The van der Waals surface area contributed by atoms with Gasteiger partial charge in [-0.3, -0.25) is 9.59 Å². The zero-order valence-electron chi connectivity index (χ0n) is 15.4. The maximum Gasteiger partial charge on any atom is 0.228 e. The van der Waals surface area contributed by atoms with E-state index in [1.54, 1.807) is 24.7 Å². The summed E-state index contributed by atoms with van der Waals surface area (Å²) < 4.78 is 0. The van der Waals surface area contributed by atoms with Crippen molar-refractivity contribution >= 4 is 23.6 Å². The molecule has 1 aliphatic rings. The molecule has 3 rings (SSSR count). The number of hydrogen-bond donors (Lipinski definition) is 2. The van der Waals surface area contributed by atoms with Crippen LogP contribution < -0.4 is 10.6 Å². The van der Waals surface area contributed by atoms with Crippen LogP contribution in [0.2, 0.25) is 0 Å². The van der Waals surface area contributed by atoms with E-state index >= 15 is 0 Å². The minimum atomic E-state index is -0.0905. The van der Waals surface area contributed by atoms with Gasteiger partial charge in [0.2, 0.25) is 17.8 Å². The number of pyridine rings is 1. The molecule has 3 heterocycles. The molecule has 142 valence electrons. The van der Waals surface area contributed by atoms with E-state index in [0.29, 0.717) is 50.7 Å². The summed E-state index contributed by atoms with van der Waals surface area (Å²) in [7, 11) is 0. The summed E-state index contributed by atoms with van der Waals surface area (Å²) in [5.41, 5.74) is 1.05. The lowest BCUT2D eigenvalue weighted by Gasteiger charge is -2.31. The van der Waals surface area contributed by atoms with E-state index < -0.39 is 0 Å². The predicted octanol–water partition coefficient (Wildman–Crippen LogP) is 1.86. The van der Waals surface area contributed by atoms with E-state index in [0.717, 1.165) is 5.56 Å². The number of aryl methyl sites for hydroxylation is 1. The van der Waals surface area contributed by atoms with Crippen molar-refractivity contribution < 1.29 is 9.59 Å². The second-order valence-electron chi connectivity index (χ2n) is 6.61. The molecule has 8 nitrogen and oxygen atoms in total. The van der Waals surface area contributed by atoms with Crippen LogP contribution in [0.25, 0.3) is 0 Å². The van der Waals surface area contributed by atoms with E-state index in [9.17, 15) is 9.59 Å². The third-order valence-electron chi connectivity index (χ3n) is 4.57. The van der Waals surface area contributed by atoms with Gasteiger partial charge in [-0.05, 0) is 43.5 Å². The van der Waals surface area contributed by atoms with Crippen molar-refractivity contribution in [1.29, 1.82) is 0 Å². The van der Waals surface area contributed by atoms with Gasteiger partial charge in [0.25, 0.3) is 0 Å². The Balaban J connectivity index is 1.40. The fourth-order valence-corrected chi connectivity index (χ4v) is 3.05. The first-order valence-electron chi connectivity index (χ1n) is 9.14. The van der Waals surface area contributed by atoms with Gasteiger partial charge < -0.3 is 15.5 Å². The first-order valence-corrected chi connectivity index (χ1v) is 9.14. The monoisotopic (exact) mass is 368 g/mol. The van der Waals surface area contributed by atoms with Gasteiger partial charge in [-0.15, -0.1) is 0 Å². The zero-order chi connectivity index (χ0) is 19.1. The number of amides is 2. The molecule has 27 heavy (non-hydrogen) atoms. The number of nitrogens with zero attached hydrogens (tertiary/aromatic N) is 4. The van der Waals surface area contributed by atoms with Gasteiger partial charge in [0, 0.05) is 50.6 Å². The van der Waals surface area contributed by atoms with Crippen LogP contribution in [0, 0.1) is 12.8 Å². The highest BCUT2D eigenvalue weighted by atomic mass is 16.2. The molecule has 2 aromatic rings. The Kier molecular flexibility index (Phi) is 6.30. The Labute approximate surface area is 158 Å². The predicted molar refractivity (Wildman–Crippen MR) is 102 cm³/mol. The number of rotatable bonds is 6. The van der Waals surface area contributed by atoms with Crippen LogP contribution in [0.3, 0.4) is 0 Å². The number of likely N-dealkylation sites (tertiary alicyclic amines) is 1. The third-order valence-corrected chi connectivity index (χ3v) is 4.57. The lowest BCUT2D eigenvalue weighted by molar-refractivity contribution is -0.134. The van der Waals surface area contributed by atoms with Crippen molar-refractivity contribution in [2.75, 3.05) is 30.3 Å². The maximum absolute atomic E-state index is 12.4. The molecule has 0 unspecified atom stereocenters. The van der Waals surface area contributed by atoms with Crippen LogP contribution in [-0.4, -0.2) is 51.3 Å². The number of carbonyl (C=O) groups excluding carboxylic acids is 2. The van der Waals surface area contributed by atoms with Gasteiger partial charge in [0.15, 0.2) is 0 Å². The summed E-state index contributed by atoms with van der Waals surface area (Å²) in [5.74, 6) is 1.06. The summed E-state index contributed by atoms with van der Waals surface area (Å²) in [6.45, 7) is 3.64. The molecule has 2 N–H and O–H groups in total. The molecule has 1 aliphatic heterocycles. The molecule has 0 bridgehead atoms. The summed E-state index contributed by atoms with van der Waals surface area (Å²) in [5, 5.41) is 5.90. The van der Waals surface area contributed by atoms with Crippen LogP contribution in [0.5, 0.6) is 0 Å². The van der Waals surface area contributed by atoms with E-state index in [-0.39, 0.29) is 17.7 Å². The smallest absolute Gasteiger partial charge is 0.228 e. The summed E-state index contributed by atoms with van der Waals surface area (Å²) in [6, 6.07) is 5.48. The highest BCUT2D eigenvalue weighted by molar-refractivity contribution is 5.92. The van der Waals surface area contributed by atoms with Gasteiger partial charge in [0.1, 0.15) is 5.82 Å². The lowest BCUT2D eigenvalue weighted by atomic mass is 9.95. The fraction of sp³-hybridized carbons (Fsp3) is 0.421. The Hall–Kier alpha value is -3.03. The molecule has 2 amide bonds. The van der Waals surface area contributed by atoms with Crippen molar-refractivity contribution in [2.24, 2.45) is 5.92 Å². The Morgan fingerprint density at radius 2 is 1.89 bits per heavy atom. The second kappa shape index (κ2) is 9.07. The van der Waals surface area contributed by atoms with E-state index in [4.69, 9.17) is 0 Å². The molecular weight excluding hydrogens is 344 g/mol. The maximum atomic E-state index is 12.4. The van der Waals surface area contributed by atoms with E-state index in [1.165, 1.54) is 0 Å². The highest BCUT2D eigenvalue weighted by Gasteiger charge is 2.27. The molecule has 1 fully saturated rings. The number of aromatic nitrogens is 3. The van der Waals surface area contributed by atoms with Gasteiger partial charge in [-0.25, -0.2) is 15.0 Å². The molecule has 0 atom stereocenters. The fourth-order valence-electron chi connectivity index (χ4n) is 3.05. The van der Waals surface area contributed by atoms with Crippen LogP contribution in [0.15, 0.2) is 36.8 Å². The summed E-state index contributed by atoms with van der Waals surface area (Å²) in [6.07, 6.45) is 6.69. The highest BCUT2D eigenvalue weighted by Crippen LogP contribution is 2.20. The average molecular weight is 368 g/mol. The Bertz CT molecular complexity index is 775. The molecule has 0 aromatic carbocycles. The first kappa shape index (κ1) is 18.8. The average Bonchev–Trinajstić information content (AvgIpc) is 2.69.